The molecule has 0 saturated carbocycles. The van der Waals surface area contributed by atoms with E-state index in [1.54, 1.807) is 13.8 Å². The van der Waals surface area contributed by atoms with Gasteiger partial charge in [-0.05, 0) is 51.4 Å². The van der Waals surface area contributed by atoms with E-state index in [1.807, 2.05) is 24.3 Å². The van der Waals surface area contributed by atoms with E-state index in [0.29, 0.717) is 34.5 Å². The zero-order valence-corrected chi connectivity index (χ0v) is 21.2. The van der Waals surface area contributed by atoms with Crippen molar-refractivity contribution in [3.05, 3.63) is 59.7 Å². The molecule has 2 aromatic rings. The minimum absolute atomic E-state index is 0.353. The van der Waals surface area contributed by atoms with Crippen molar-refractivity contribution in [2.24, 2.45) is 11.8 Å². The molecule has 0 fully saturated rings. The van der Waals surface area contributed by atoms with E-state index >= 15 is 0 Å². The minimum Gasteiger partial charge on any atom is -0.422 e. The number of hydrogen-bond acceptors (Lipinski definition) is 4. The molecule has 0 radical (unpaired) electrons. The summed E-state index contributed by atoms with van der Waals surface area (Å²) in [5.41, 5.74) is 2.66. The SMILES string of the molecule is C=C(C)C(=O)Oc1c2c(c(OC(=O)C(=C)C)c3ccccc13)CC(CC(CC)CCCC)CC2. The molecule has 0 spiro atoms. The lowest BCUT2D eigenvalue weighted by Gasteiger charge is -2.31. The number of carbonyl (C=O) groups excluding carboxylic acids is 2. The van der Waals surface area contributed by atoms with Crippen LogP contribution in [0.3, 0.4) is 0 Å². The Kier molecular flexibility index (Phi) is 8.71. The van der Waals surface area contributed by atoms with E-state index in [1.165, 1.54) is 25.7 Å². The van der Waals surface area contributed by atoms with Crippen LogP contribution in [0, 0.1) is 11.8 Å². The predicted octanol–water partition coefficient (Wildman–Crippen LogP) is 7.51. The number of hydrogen-bond donors (Lipinski definition) is 0. The Morgan fingerprint density at radius 1 is 0.971 bits per heavy atom. The molecule has 4 heteroatoms. The van der Waals surface area contributed by atoms with Gasteiger partial charge in [-0.3, -0.25) is 0 Å². The predicted molar refractivity (Wildman–Crippen MR) is 138 cm³/mol. The van der Waals surface area contributed by atoms with Crippen molar-refractivity contribution >= 4 is 22.7 Å². The van der Waals surface area contributed by atoms with Crippen LogP contribution in [-0.4, -0.2) is 11.9 Å². The van der Waals surface area contributed by atoms with Gasteiger partial charge in [0.1, 0.15) is 11.5 Å². The molecule has 0 aromatic heterocycles. The number of esters is 2. The van der Waals surface area contributed by atoms with Gasteiger partial charge in [-0.25, -0.2) is 9.59 Å². The Labute approximate surface area is 204 Å². The van der Waals surface area contributed by atoms with Crippen molar-refractivity contribution in [1.82, 2.24) is 0 Å². The van der Waals surface area contributed by atoms with E-state index < -0.39 is 11.9 Å². The van der Waals surface area contributed by atoms with Gasteiger partial charge in [-0.1, -0.05) is 77.0 Å². The second kappa shape index (κ2) is 11.5. The smallest absolute Gasteiger partial charge is 0.338 e. The number of ether oxygens (including phenoxy) is 2. The second-order valence-corrected chi connectivity index (χ2v) is 9.76. The van der Waals surface area contributed by atoms with Crippen molar-refractivity contribution in [3.63, 3.8) is 0 Å². The number of unbranched alkanes of at least 4 members (excludes halogenated alkanes) is 1. The number of benzene rings is 2. The van der Waals surface area contributed by atoms with Crippen molar-refractivity contribution in [2.45, 2.75) is 79.1 Å². The Morgan fingerprint density at radius 3 is 2.03 bits per heavy atom. The van der Waals surface area contributed by atoms with Gasteiger partial charge >= 0.3 is 11.9 Å². The number of carbonyl (C=O) groups is 2. The van der Waals surface area contributed by atoms with Crippen LogP contribution < -0.4 is 9.47 Å². The van der Waals surface area contributed by atoms with Crippen molar-refractivity contribution in [3.8, 4) is 11.5 Å². The van der Waals surface area contributed by atoms with E-state index in [-0.39, 0.29) is 0 Å². The van der Waals surface area contributed by atoms with Gasteiger partial charge in [0.15, 0.2) is 0 Å². The monoisotopic (exact) mass is 462 g/mol. The molecule has 0 N–H and O–H groups in total. The fourth-order valence-electron chi connectivity index (χ4n) is 4.94. The molecule has 3 rings (SSSR count). The first-order valence-electron chi connectivity index (χ1n) is 12.6. The first-order valence-corrected chi connectivity index (χ1v) is 12.6. The van der Waals surface area contributed by atoms with Crippen molar-refractivity contribution in [2.75, 3.05) is 0 Å². The maximum absolute atomic E-state index is 12.6. The minimum atomic E-state index is -0.438. The van der Waals surface area contributed by atoms with Crippen LogP contribution in [0.1, 0.15) is 77.3 Å². The summed E-state index contributed by atoms with van der Waals surface area (Å²) in [5, 5.41) is 1.55. The van der Waals surface area contributed by atoms with Crippen LogP contribution >= 0.6 is 0 Å². The lowest BCUT2D eigenvalue weighted by Crippen LogP contribution is -2.22. The highest BCUT2D eigenvalue weighted by Gasteiger charge is 2.31. The molecular weight excluding hydrogens is 424 g/mol. The van der Waals surface area contributed by atoms with Gasteiger partial charge in [-0.15, -0.1) is 0 Å². The molecule has 0 saturated heterocycles. The third-order valence-electron chi connectivity index (χ3n) is 6.92. The molecular formula is C30H38O4. The molecule has 2 aromatic carbocycles. The van der Waals surface area contributed by atoms with Crippen LogP contribution in [-0.2, 0) is 22.4 Å². The molecule has 4 nitrogen and oxygen atoms in total. The van der Waals surface area contributed by atoms with E-state index in [9.17, 15) is 9.59 Å². The Morgan fingerprint density at radius 2 is 1.53 bits per heavy atom. The first-order chi connectivity index (χ1) is 16.3. The van der Waals surface area contributed by atoms with Gasteiger partial charge in [-0.2, -0.15) is 0 Å². The molecule has 34 heavy (non-hydrogen) atoms. The highest BCUT2D eigenvalue weighted by atomic mass is 16.5. The lowest BCUT2D eigenvalue weighted by atomic mass is 9.76. The summed E-state index contributed by atoms with van der Waals surface area (Å²) in [4.78, 5) is 25.1. The molecule has 0 amide bonds. The Balaban J connectivity index is 2.10. The van der Waals surface area contributed by atoms with Gasteiger partial charge in [0, 0.05) is 33.0 Å². The Bertz CT molecular complexity index is 1090. The van der Waals surface area contributed by atoms with Crippen LogP contribution in [0.2, 0.25) is 0 Å². The number of rotatable bonds is 10. The maximum atomic E-state index is 12.6. The van der Waals surface area contributed by atoms with Crippen molar-refractivity contribution in [1.29, 1.82) is 0 Å². The van der Waals surface area contributed by atoms with Gasteiger partial charge < -0.3 is 9.47 Å². The Hall–Kier alpha value is -2.88. The summed E-state index contributed by atoms with van der Waals surface area (Å²) in [6.07, 6.45) is 8.69. The molecule has 1 aliphatic rings. The largest absolute Gasteiger partial charge is 0.422 e. The first kappa shape index (κ1) is 25.7. The van der Waals surface area contributed by atoms with Crippen LogP contribution in [0.15, 0.2) is 48.6 Å². The molecule has 2 unspecified atom stereocenters. The summed E-state index contributed by atoms with van der Waals surface area (Å²) in [6.45, 7) is 15.3. The molecule has 0 aliphatic heterocycles. The second-order valence-electron chi connectivity index (χ2n) is 9.76. The lowest BCUT2D eigenvalue weighted by molar-refractivity contribution is -0.131. The molecule has 1 aliphatic carbocycles. The van der Waals surface area contributed by atoms with Gasteiger partial charge in [0.05, 0.1) is 0 Å². The van der Waals surface area contributed by atoms with Gasteiger partial charge in [0.2, 0.25) is 0 Å². The summed E-state index contributed by atoms with van der Waals surface area (Å²) in [6, 6.07) is 7.66. The van der Waals surface area contributed by atoms with Crippen LogP contribution in [0.25, 0.3) is 10.8 Å². The maximum Gasteiger partial charge on any atom is 0.338 e. The molecule has 2 atom stereocenters. The topological polar surface area (TPSA) is 52.6 Å². The number of fused-ring (bicyclic) bond motifs is 2. The fourth-order valence-corrected chi connectivity index (χ4v) is 4.94. The van der Waals surface area contributed by atoms with E-state index in [2.05, 4.69) is 27.0 Å². The molecule has 182 valence electrons. The van der Waals surface area contributed by atoms with Gasteiger partial charge in [0.25, 0.3) is 0 Å². The third-order valence-corrected chi connectivity index (χ3v) is 6.92. The summed E-state index contributed by atoms with van der Waals surface area (Å²) in [5.74, 6) is 1.49. The van der Waals surface area contributed by atoms with E-state index in [0.717, 1.165) is 47.6 Å². The van der Waals surface area contributed by atoms with Crippen molar-refractivity contribution < 1.29 is 19.1 Å². The summed E-state index contributed by atoms with van der Waals surface area (Å²) < 4.78 is 11.8. The van der Waals surface area contributed by atoms with Crippen LogP contribution in [0.4, 0.5) is 0 Å². The summed E-state index contributed by atoms with van der Waals surface area (Å²) >= 11 is 0. The normalized spacial score (nSPS) is 15.9. The average molecular weight is 463 g/mol. The van der Waals surface area contributed by atoms with E-state index in [4.69, 9.17) is 9.47 Å². The molecule has 0 bridgehead atoms. The van der Waals surface area contributed by atoms with Crippen LogP contribution in [0.5, 0.6) is 11.5 Å². The summed E-state index contributed by atoms with van der Waals surface area (Å²) in [7, 11) is 0. The molecule has 0 heterocycles. The quantitative estimate of drug-likeness (QED) is 0.208. The highest BCUT2D eigenvalue weighted by molar-refractivity contribution is 6.01. The zero-order valence-electron chi connectivity index (χ0n) is 21.2. The average Bonchev–Trinajstić information content (AvgIpc) is 2.83. The standard InChI is InChI=1S/C30H38O4/c1-7-9-12-21(8-2)17-22-15-16-25-26(18-22)28(34-30(32)20(5)6)24-14-11-10-13-23(24)27(25)33-29(31)19(3)4/h10-11,13-14,21-22H,3,5,7-9,12,15-18H2,1-2,4,6H3. The zero-order chi connectivity index (χ0) is 24.8. The fraction of sp³-hybridized carbons (Fsp3) is 0.467. The highest BCUT2D eigenvalue weighted by Crippen LogP contribution is 2.46. The third kappa shape index (κ3) is 5.78.